The third-order valence-corrected chi connectivity index (χ3v) is 12.9. The van der Waals surface area contributed by atoms with Gasteiger partial charge in [0.2, 0.25) is 0 Å². The largest absolute Gasteiger partial charge is 0.377 e. The third kappa shape index (κ3) is 6.22. The molecule has 0 radical (unpaired) electrons. The third-order valence-electron chi connectivity index (χ3n) is 12.9. The van der Waals surface area contributed by atoms with Crippen molar-refractivity contribution < 1.29 is 4.74 Å². The number of nitrogens with one attached hydrogen (secondary N) is 3. The number of nitrogens with zero attached hydrogens (tertiary/aromatic N) is 2. The molecule has 8 bridgehead atoms. The van der Waals surface area contributed by atoms with Crippen LogP contribution in [0.15, 0.2) is 164 Å². The summed E-state index contributed by atoms with van der Waals surface area (Å²) in [4.78, 5) is 19.1. The Balaban J connectivity index is 1.27. The highest BCUT2D eigenvalue weighted by molar-refractivity contribution is 6.01. The molecule has 6 nitrogen and oxygen atoms in total. The van der Waals surface area contributed by atoms with Crippen molar-refractivity contribution in [3.8, 4) is 44.5 Å². The van der Waals surface area contributed by atoms with Crippen LogP contribution < -0.4 is 5.32 Å². The molecule has 0 saturated carbocycles. The van der Waals surface area contributed by atoms with Crippen molar-refractivity contribution in [3.05, 3.63) is 198 Å². The minimum atomic E-state index is -0.0438. The summed E-state index contributed by atoms with van der Waals surface area (Å²) in [6.45, 7) is 0.762. The zero-order valence-electron chi connectivity index (χ0n) is 34.1. The number of H-pyrrole nitrogens is 2. The monoisotopic (exact) mass is 801 g/mol. The molecular weight excluding hydrogens is 759 g/mol. The van der Waals surface area contributed by atoms with Crippen LogP contribution in [0.1, 0.15) is 58.9 Å². The van der Waals surface area contributed by atoms with Gasteiger partial charge < -0.3 is 20.0 Å². The molecule has 6 heteroatoms. The van der Waals surface area contributed by atoms with Gasteiger partial charge in [0.15, 0.2) is 0 Å². The Hall–Kier alpha value is -7.54. The molecule has 8 aromatic rings. The number of rotatable bonds is 5. The summed E-state index contributed by atoms with van der Waals surface area (Å²) in [6, 6.07) is 58.0. The van der Waals surface area contributed by atoms with Crippen molar-refractivity contribution in [3.63, 3.8) is 0 Å². The number of benzene rings is 5. The SMILES string of the molecule is C1=Cc2nc1c(-c1ccccc1)c1nc(c(-c3ccccc3)c3[nH]c(cc3[C@@H]3Nc4ccccc4[C@@H]4OCCC[C@H]34)c(-c3ccccc3)c3ccc([nH]3)c2-c2ccccc2)C=C1. The lowest BCUT2D eigenvalue weighted by molar-refractivity contribution is -0.0379. The average Bonchev–Trinajstić information content (AvgIpc) is 4.18. The van der Waals surface area contributed by atoms with Crippen LogP contribution in [0.25, 0.3) is 90.9 Å². The lowest BCUT2D eigenvalue weighted by Crippen LogP contribution is -2.35. The minimum Gasteiger partial charge on any atom is -0.377 e. The first kappa shape index (κ1) is 36.3. The number of hydrogen-bond acceptors (Lipinski definition) is 4. The van der Waals surface area contributed by atoms with E-state index in [-0.39, 0.29) is 18.1 Å². The Bertz CT molecular complexity index is 3220. The first-order valence-electron chi connectivity index (χ1n) is 21.6. The van der Waals surface area contributed by atoms with E-state index in [1.807, 2.05) is 0 Å². The maximum Gasteiger partial charge on any atom is 0.0895 e. The van der Waals surface area contributed by atoms with Gasteiger partial charge in [0.1, 0.15) is 0 Å². The van der Waals surface area contributed by atoms with Crippen molar-refractivity contribution >= 4 is 52.1 Å². The molecule has 0 amide bonds. The second kappa shape index (κ2) is 15.2. The van der Waals surface area contributed by atoms with Crippen LogP contribution in [0.4, 0.5) is 5.69 Å². The van der Waals surface area contributed by atoms with Crippen LogP contribution in [0, 0.1) is 5.92 Å². The Labute approximate surface area is 360 Å². The predicted molar refractivity (Wildman–Crippen MR) is 255 cm³/mol. The van der Waals surface area contributed by atoms with Gasteiger partial charge in [-0.2, -0.15) is 0 Å². The standard InChI is InChI=1S/C56H43N5O/c1-5-16-35(17-6-1)50-43-27-28-44(57-43)51(36-18-7-2-8-19-36)46-31-32-48(59-46)53(38-22-11-4-12-23-38)55-41(54-40-25-15-33-62-56(40)39-24-13-14-26-42(39)60-54)34-49(61-55)52(37-20-9-3-10-21-37)47-30-29-45(50)58-47/h1-14,16-24,26-32,34,40,54,56,58,60-61H,15,25,33H2/t40-,54-,56+/m1/s1. The number of anilines is 1. The van der Waals surface area contributed by atoms with E-state index in [2.05, 4.69) is 203 Å². The summed E-state index contributed by atoms with van der Waals surface area (Å²) in [7, 11) is 0. The van der Waals surface area contributed by atoms with Crippen molar-refractivity contribution in [2.24, 2.45) is 5.92 Å². The molecule has 62 heavy (non-hydrogen) atoms. The van der Waals surface area contributed by atoms with E-state index < -0.39 is 0 Å². The average molecular weight is 802 g/mol. The van der Waals surface area contributed by atoms with E-state index in [0.717, 1.165) is 114 Å². The summed E-state index contributed by atoms with van der Waals surface area (Å²) in [5.41, 5.74) is 19.6. The molecule has 12 rings (SSSR count). The molecule has 1 saturated heterocycles. The number of aromatic amines is 2. The fraction of sp³-hybridized carbons (Fsp3) is 0.107. The molecule has 0 aliphatic carbocycles. The van der Waals surface area contributed by atoms with Crippen LogP contribution in [0.5, 0.6) is 0 Å². The normalized spacial score (nSPS) is 17.6. The highest BCUT2D eigenvalue weighted by atomic mass is 16.5. The van der Waals surface area contributed by atoms with E-state index in [4.69, 9.17) is 14.7 Å². The first-order valence-corrected chi connectivity index (χ1v) is 21.6. The fourth-order valence-corrected chi connectivity index (χ4v) is 10.1. The van der Waals surface area contributed by atoms with Gasteiger partial charge in [0.05, 0.1) is 40.4 Å². The van der Waals surface area contributed by atoms with Crippen LogP contribution in [-0.2, 0) is 4.74 Å². The molecule has 1 fully saturated rings. The van der Waals surface area contributed by atoms with Gasteiger partial charge in [0, 0.05) is 68.1 Å². The zero-order valence-corrected chi connectivity index (χ0v) is 34.1. The summed E-state index contributed by atoms with van der Waals surface area (Å²) in [5, 5.41) is 4.08. The summed E-state index contributed by atoms with van der Waals surface area (Å²) >= 11 is 0. The molecule has 4 aliphatic rings. The van der Waals surface area contributed by atoms with Crippen molar-refractivity contribution in [1.82, 2.24) is 19.9 Å². The van der Waals surface area contributed by atoms with Crippen LogP contribution in [0.2, 0.25) is 0 Å². The summed E-state index contributed by atoms with van der Waals surface area (Å²) in [6.07, 6.45) is 10.7. The van der Waals surface area contributed by atoms with Crippen molar-refractivity contribution in [1.29, 1.82) is 0 Å². The number of hydrogen-bond donors (Lipinski definition) is 3. The topological polar surface area (TPSA) is 78.6 Å². The van der Waals surface area contributed by atoms with Gasteiger partial charge in [0.25, 0.3) is 0 Å². The highest BCUT2D eigenvalue weighted by Gasteiger charge is 2.41. The second-order valence-corrected chi connectivity index (χ2v) is 16.5. The smallest absolute Gasteiger partial charge is 0.0895 e. The fourth-order valence-electron chi connectivity index (χ4n) is 10.1. The number of para-hydroxylation sites is 1. The Kier molecular flexibility index (Phi) is 8.89. The molecule has 3 aromatic heterocycles. The zero-order chi connectivity index (χ0) is 41.0. The van der Waals surface area contributed by atoms with Gasteiger partial charge in [-0.05, 0) is 83.7 Å². The maximum atomic E-state index is 6.70. The van der Waals surface area contributed by atoms with E-state index in [9.17, 15) is 0 Å². The molecule has 0 unspecified atom stereocenters. The Morgan fingerprint density at radius 1 is 0.452 bits per heavy atom. The minimum absolute atomic E-state index is 0.0110. The summed E-state index contributed by atoms with van der Waals surface area (Å²) < 4.78 is 6.70. The molecule has 3 N–H and O–H groups in total. The van der Waals surface area contributed by atoms with E-state index in [1.54, 1.807) is 0 Å². The Morgan fingerprint density at radius 2 is 0.952 bits per heavy atom. The van der Waals surface area contributed by atoms with Crippen LogP contribution in [-0.4, -0.2) is 26.5 Å². The van der Waals surface area contributed by atoms with Gasteiger partial charge in [-0.15, -0.1) is 0 Å². The highest BCUT2D eigenvalue weighted by Crippen LogP contribution is 2.51. The Morgan fingerprint density at radius 3 is 1.58 bits per heavy atom. The molecule has 298 valence electrons. The molecule has 0 spiro atoms. The van der Waals surface area contributed by atoms with Gasteiger partial charge in [-0.25, -0.2) is 9.97 Å². The van der Waals surface area contributed by atoms with E-state index >= 15 is 0 Å². The quantitative estimate of drug-likeness (QED) is 0.162. The summed E-state index contributed by atoms with van der Waals surface area (Å²) in [5.74, 6) is 0.214. The van der Waals surface area contributed by atoms with E-state index in [0.29, 0.717) is 0 Å². The molecule has 4 aliphatic heterocycles. The molecule has 3 atom stereocenters. The van der Waals surface area contributed by atoms with Gasteiger partial charge in [-0.3, -0.25) is 0 Å². The number of ether oxygens (including phenoxy) is 1. The van der Waals surface area contributed by atoms with Crippen molar-refractivity contribution in [2.75, 3.05) is 11.9 Å². The number of fused-ring (bicyclic) bond motifs is 11. The molecule has 5 aromatic carbocycles. The van der Waals surface area contributed by atoms with Crippen molar-refractivity contribution in [2.45, 2.75) is 25.0 Å². The molecule has 7 heterocycles. The van der Waals surface area contributed by atoms with Crippen LogP contribution in [0.3, 0.4) is 0 Å². The van der Waals surface area contributed by atoms with Gasteiger partial charge in [-0.1, -0.05) is 140 Å². The van der Waals surface area contributed by atoms with Gasteiger partial charge >= 0.3 is 0 Å². The van der Waals surface area contributed by atoms with E-state index in [1.165, 1.54) is 11.1 Å². The molecular formula is C56H43N5O. The second-order valence-electron chi connectivity index (χ2n) is 16.5. The first-order chi connectivity index (χ1) is 30.7. The maximum absolute atomic E-state index is 6.70. The van der Waals surface area contributed by atoms with Crippen LogP contribution >= 0.6 is 0 Å². The lowest BCUT2D eigenvalue weighted by Gasteiger charge is -2.43. The lowest BCUT2D eigenvalue weighted by atomic mass is 9.77. The number of aromatic nitrogens is 4. The predicted octanol–water partition coefficient (Wildman–Crippen LogP) is 14.0.